The molecule has 0 aliphatic rings. The van der Waals surface area contributed by atoms with Crippen LogP contribution in [-0.4, -0.2) is 17.5 Å². The van der Waals surface area contributed by atoms with Gasteiger partial charge in [-0.05, 0) is 15.9 Å². The van der Waals surface area contributed by atoms with Crippen molar-refractivity contribution in [2.24, 2.45) is 16.5 Å². The van der Waals surface area contributed by atoms with Gasteiger partial charge in [-0.1, -0.05) is 0 Å². The summed E-state index contributed by atoms with van der Waals surface area (Å²) in [6.07, 6.45) is 2.56. The zero-order valence-electron chi connectivity index (χ0n) is 6.33. The average Bonchev–Trinajstić information content (AvgIpc) is 2.35. The molecule has 1 aromatic heterocycles. The van der Waals surface area contributed by atoms with Gasteiger partial charge in [0.15, 0.2) is 5.96 Å². The Balaban J connectivity index is 2.38. The summed E-state index contributed by atoms with van der Waals surface area (Å²) in [6, 6.07) is 0. The van der Waals surface area contributed by atoms with Gasteiger partial charge in [-0.25, -0.2) is 4.98 Å². The SMILES string of the molecule is NC(N)=NCCc1ncc(Br)s1. The first-order valence-corrected chi connectivity index (χ1v) is 4.95. The maximum Gasteiger partial charge on any atom is 0.185 e. The summed E-state index contributed by atoms with van der Waals surface area (Å²) in [6.45, 7) is 0.599. The summed E-state index contributed by atoms with van der Waals surface area (Å²) in [5.41, 5.74) is 10.3. The number of halogens is 1. The first kappa shape index (κ1) is 9.47. The molecule has 0 aliphatic heterocycles. The van der Waals surface area contributed by atoms with Crippen molar-refractivity contribution < 1.29 is 0 Å². The zero-order valence-corrected chi connectivity index (χ0v) is 8.73. The van der Waals surface area contributed by atoms with E-state index in [2.05, 4.69) is 25.9 Å². The van der Waals surface area contributed by atoms with E-state index in [9.17, 15) is 0 Å². The molecule has 0 unspecified atom stereocenters. The van der Waals surface area contributed by atoms with Crippen molar-refractivity contribution >= 4 is 33.2 Å². The normalized spacial score (nSPS) is 9.75. The third kappa shape index (κ3) is 3.19. The van der Waals surface area contributed by atoms with E-state index in [0.29, 0.717) is 6.54 Å². The molecule has 4 nitrogen and oxygen atoms in total. The molecule has 6 heteroatoms. The minimum Gasteiger partial charge on any atom is -0.370 e. The molecule has 1 aromatic rings. The standard InChI is InChI=1S/C6H9BrN4S/c7-4-3-11-5(12-4)1-2-10-6(8)9/h3H,1-2H2,(H4,8,9,10). The number of hydrogen-bond acceptors (Lipinski definition) is 3. The second kappa shape index (κ2) is 4.42. The van der Waals surface area contributed by atoms with Crippen LogP contribution in [0.25, 0.3) is 0 Å². The van der Waals surface area contributed by atoms with E-state index in [1.54, 1.807) is 17.5 Å². The monoisotopic (exact) mass is 248 g/mol. The van der Waals surface area contributed by atoms with E-state index in [-0.39, 0.29) is 5.96 Å². The lowest BCUT2D eigenvalue weighted by molar-refractivity contribution is 0.947. The van der Waals surface area contributed by atoms with Gasteiger partial charge in [0.2, 0.25) is 0 Å². The smallest absolute Gasteiger partial charge is 0.185 e. The predicted molar refractivity (Wildman–Crippen MR) is 54.2 cm³/mol. The van der Waals surface area contributed by atoms with Crippen molar-refractivity contribution in [3.8, 4) is 0 Å². The lowest BCUT2D eigenvalue weighted by atomic mass is 10.4. The molecule has 0 aromatic carbocycles. The number of aliphatic imine (C=N–C) groups is 1. The molecule has 1 heterocycles. The number of guanidine groups is 1. The fourth-order valence-corrected chi connectivity index (χ4v) is 1.98. The van der Waals surface area contributed by atoms with Crippen molar-refractivity contribution in [2.45, 2.75) is 6.42 Å². The Morgan fingerprint density at radius 2 is 2.42 bits per heavy atom. The van der Waals surface area contributed by atoms with E-state index in [1.165, 1.54) is 0 Å². The van der Waals surface area contributed by atoms with E-state index in [1.807, 2.05) is 0 Å². The van der Waals surface area contributed by atoms with Crippen molar-refractivity contribution in [3.05, 3.63) is 15.0 Å². The molecule has 0 aliphatic carbocycles. The van der Waals surface area contributed by atoms with Gasteiger partial charge >= 0.3 is 0 Å². The van der Waals surface area contributed by atoms with Gasteiger partial charge in [0.1, 0.15) is 0 Å². The van der Waals surface area contributed by atoms with E-state index in [4.69, 9.17) is 11.5 Å². The quantitative estimate of drug-likeness (QED) is 0.612. The maximum atomic E-state index is 5.16. The average molecular weight is 249 g/mol. The van der Waals surface area contributed by atoms with E-state index < -0.39 is 0 Å². The molecule has 0 saturated carbocycles. The van der Waals surface area contributed by atoms with Crippen LogP contribution in [0.1, 0.15) is 5.01 Å². The molecule has 0 saturated heterocycles. The van der Waals surface area contributed by atoms with E-state index >= 15 is 0 Å². The Labute approximate surface area is 82.8 Å². The Morgan fingerprint density at radius 3 is 2.92 bits per heavy atom. The maximum absolute atomic E-state index is 5.16. The third-order valence-electron chi connectivity index (χ3n) is 1.15. The van der Waals surface area contributed by atoms with Gasteiger partial charge in [0, 0.05) is 13.0 Å². The molecule has 1 rings (SSSR count). The van der Waals surface area contributed by atoms with Gasteiger partial charge in [-0.3, -0.25) is 4.99 Å². The Kier molecular flexibility index (Phi) is 3.48. The largest absolute Gasteiger partial charge is 0.370 e. The van der Waals surface area contributed by atoms with Crippen LogP contribution >= 0.6 is 27.3 Å². The van der Waals surface area contributed by atoms with Crippen molar-refractivity contribution in [3.63, 3.8) is 0 Å². The van der Waals surface area contributed by atoms with Crippen LogP contribution in [0.15, 0.2) is 15.0 Å². The Morgan fingerprint density at radius 1 is 1.67 bits per heavy atom. The van der Waals surface area contributed by atoms with Crippen LogP contribution in [-0.2, 0) is 6.42 Å². The molecule has 66 valence electrons. The van der Waals surface area contributed by atoms with Crippen LogP contribution in [0.2, 0.25) is 0 Å². The molecule has 0 radical (unpaired) electrons. The number of nitrogens with zero attached hydrogens (tertiary/aromatic N) is 2. The highest BCUT2D eigenvalue weighted by Crippen LogP contribution is 2.19. The molecule has 0 atom stereocenters. The van der Waals surface area contributed by atoms with Crippen molar-refractivity contribution in [2.75, 3.05) is 6.54 Å². The molecule has 12 heavy (non-hydrogen) atoms. The van der Waals surface area contributed by atoms with Crippen LogP contribution in [0.4, 0.5) is 0 Å². The fraction of sp³-hybridized carbons (Fsp3) is 0.333. The topological polar surface area (TPSA) is 77.3 Å². The molecule has 0 amide bonds. The first-order valence-electron chi connectivity index (χ1n) is 3.34. The van der Waals surface area contributed by atoms with Gasteiger partial charge in [0.25, 0.3) is 0 Å². The molecular weight excluding hydrogens is 240 g/mol. The van der Waals surface area contributed by atoms with Crippen LogP contribution in [0.3, 0.4) is 0 Å². The number of thiazole rings is 1. The number of rotatable bonds is 3. The van der Waals surface area contributed by atoms with Gasteiger partial charge in [-0.15, -0.1) is 11.3 Å². The molecule has 0 fully saturated rings. The number of hydrogen-bond donors (Lipinski definition) is 2. The summed E-state index contributed by atoms with van der Waals surface area (Å²) in [7, 11) is 0. The second-order valence-corrected chi connectivity index (χ2v) is 4.61. The summed E-state index contributed by atoms with van der Waals surface area (Å²) in [5.74, 6) is 0.130. The first-order chi connectivity index (χ1) is 5.68. The zero-order chi connectivity index (χ0) is 8.97. The molecule has 0 spiro atoms. The minimum absolute atomic E-state index is 0.130. The van der Waals surface area contributed by atoms with Gasteiger partial charge in [0.05, 0.1) is 15.0 Å². The Bertz CT molecular complexity index is 279. The number of nitrogens with two attached hydrogens (primary N) is 2. The summed E-state index contributed by atoms with van der Waals surface area (Å²) < 4.78 is 1.03. The summed E-state index contributed by atoms with van der Waals surface area (Å²) in [5, 5.41) is 1.03. The highest BCUT2D eigenvalue weighted by Gasteiger charge is 1.97. The van der Waals surface area contributed by atoms with E-state index in [0.717, 1.165) is 15.2 Å². The predicted octanol–water partition coefficient (Wildman–Crippen LogP) is 0.722. The molecule has 4 N–H and O–H groups in total. The summed E-state index contributed by atoms with van der Waals surface area (Å²) in [4.78, 5) is 7.99. The minimum atomic E-state index is 0.130. The lowest BCUT2D eigenvalue weighted by Crippen LogP contribution is -2.23. The van der Waals surface area contributed by atoms with Crippen molar-refractivity contribution in [1.29, 1.82) is 0 Å². The second-order valence-electron chi connectivity index (χ2n) is 2.11. The third-order valence-corrected chi connectivity index (χ3v) is 2.68. The lowest BCUT2D eigenvalue weighted by Gasteiger charge is -1.91. The van der Waals surface area contributed by atoms with Crippen LogP contribution in [0.5, 0.6) is 0 Å². The molecular formula is C6H9BrN4S. The highest BCUT2D eigenvalue weighted by molar-refractivity contribution is 9.11. The highest BCUT2D eigenvalue weighted by atomic mass is 79.9. The van der Waals surface area contributed by atoms with Crippen molar-refractivity contribution in [1.82, 2.24) is 4.98 Å². The fourth-order valence-electron chi connectivity index (χ4n) is 0.684. The Hall–Kier alpha value is -0.620. The number of aromatic nitrogens is 1. The van der Waals surface area contributed by atoms with Gasteiger partial charge < -0.3 is 11.5 Å². The summed E-state index contributed by atoms with van der Waals surface area (Å²) >= 11 is 4.92. The molecule has 0 bridgehead atoms. The van der Waals surface area contributed by atoms with Gasteiger partial charge in [-0.2, -0.15) is 0 Å². The van der Waals surface area contributed by atoms with Crippen LogP contribution < -0.4 is 11.5 Å². The van der Waals surface area contributed by atoms with Crippen LogP contribution in [0, 0.1) is 0 Å².